The zero-order valence-corrected chi connectivity index (χ0v) is 15.3. The highest BCUT2D eigenvalue weighted by Crippen LogP contribution is 2.26. The summed E-state index contributed by atoms with van der Waals surface area (Å²) in [5.74, 6) is -0.446. The van der Waals surface area contributed by atoms with Gasteiger partial charge in [-0.05, 0) is 35.9 Å². The molecule has 0 N–H and O–H groups in total. The van der Waals surface area contributed by atoms with Gasteiger partial charge >= 0.3 is 5.97 Å². The molecule has 128 valence electrons. The van der Waals surface area contributed by atoms with Crippen LogP contribution in [0.2, 0.25) is 10.0 Å². The second-order valence-electron chi connectivity index (χ2n) is 5.03. The van der Waals surface area contributed by atoms with Gasteiger partial charge in [-0.25, -0.2) is 13.2 Å². The Morgan fingerprint density at radius 3 is 2.25 bits per heavy atom. The fourth-order valence-corrected chi connectivity index (χ4v) is 3.57. The van der Waals surface area contributed by atoms with Gasteiger partial charge in [-0.2, -0.15) is 4.31 Å². The average Bonchev–Trinajstić information content (AvgIpc) is 2.57. The number of methoxy groups -OCH3 is 1. The van der Waals surface area contributed by atoms with E-state index in [2.05, 4.69) is 4.74 Å². The number of sulfonamides is 1. The van der Waals surface area contributed by atoms with Gasteiger partial charge in [0.25, 0.3) is 0 Å². The van der Waals surface area contributed by atoms with E-state index in [9.17, 15) is 13.2 Å². The zero-order valence-electron chi connectivity index (χ0n) is 13.0. The smallest absolute Gasteiger partial charge is 0.337 e. The lowest BCUT2D eigenvalue weighted by molar-refractivity contribution is 0.0600. The lowest BCUT2D eigenvalue weighted by Gasteiger charge is -2.17. The minimum Gasteiger partial charge on any atom is -0.465 e. The largest absolute Gasteiger partial charge is 0.465 e. The molecule has 0 amide bonds. The van der Waals surface area contributed by atoms with Crippen LogP contribution in [-0.2, 0) is 21.3 Å². The Kier molecular flexibility index (Phi) is 5.87. The molecule has 0 saturated carbocycles. The van der Waals surface area contributed by atoms with Gasteiger partial charge in [0.15, 0.2) is 0 Å². The molecule has 0 fully saturated rings. The van der Waals surface area contributed by atoms with Crippen molar-refractivity contribution in [1.82, 2.24) is 4.31 Å². The van der Waals surface area contributed by atoms with E-state index in [1.165, 1.54) is 36.7 Å². The molecule has 2 aromatic rings. The summed E-state index contributed by atoms with van der Waals surface area (Å²) < 4.78 is 31.0. The Hall–Kier alpha value is -1.60. The number of carbonyl (C=O) groups excluding carboxylic acids is 1. The number of hydrogen-bond donors (Lipinski definition) is 0. The predicted molar refractivity (Wildman–Crippen MR) is 92.9 cm³/mol. The fraction of sp³-hybridized carbons (Fsp3) is 0.188. The Morgan fingerprint density at radius 1 is 1.08 bits per heavy atom. The van der Waals surface area contributed by atoms with Crippen LogP contribution in [0, 0.1) is 0 Å². The third-order valence-electron chi connectivity index (χ3n) is 3.38. The van der Waals surface area contributed by atoms with Gasteiger partial charge in [0.2, 0.25) is 10.0 Å². The molecular weight excluding hydrogens is 373 g/mol. The first-order valence-electron chi connectivity index (χ1n) is 6.84. The zero-order chi connectivity index (χ0) is 17.9. The highest BCUT2D eigenvalue weighted by atomic mass is 35.5. The molecule has 5 nitrogen and oxygen atoms in total. The molecule has 0 aliphatic heterocycles. The van der Waals surface area contributed by atoms with E-state index < -0.39 is 16.0 Å². The highest BCUT2D eigenvalue weighted by molar-refractivity contribution is 7.89. The van der Waals surface area contributed by atoms with Crippen LogP contribution in [-0.4, -0.2) is 32.8 Å². The lowest BCUT2D eigenvalue weighted by Crippen LogP contribution is -2.26. The summed E-state index contributed by atoms with van der Waals surface area (Å²) in [6.07, 6.45) is 0. The van der Waals surface area contributed by atoms with E-state index >= 15 is 0 Å². The summed E-state index contributed by atoms with van der Waals surface area (Å²) in [4.78, 5) is 11.5. The normalized spacial score (nSPS) is 11.5. The van der Waals surface area contributed by atoms with Crippen LogP contribution in [0.3, 0.4) is 0 Å². The summed E-state index contributed by atoms with van der Waals surface area (Å²) in [7, 11) is -0.945. The van der Waals surface area contributed by atoms with Gasteiger partial charge in [-0.3, -0.25) is 0 Å². The van der Waals surface area contributed by atoms with Gasteiger partial charge in [0.05, 0.1) is 27.6 Å². The Balaban J connectivity index is 2.20. The average molecular weight is 388 g/mol. The van der Waals surface area contributed by atoms with Crippen molar-refractivity contribution < 1.29 is 17.9 Å². The molecule has 0 unspecified atom stereocenters. The lowest BCUT2D eigenvalue weighted by atomic mass is 10.1. The number of halogens is 2. The summed E-state index contributed by atoms with van der Waals surface area (Å²) in [6, 6.07) is 10.7. The quantitative estimate of drug-likeness (QED) is 0.735. The van der Waals surface area contributed by atoms with Gasteiger partial charge in [-0.1, -0.05) is 35.3 Å². The number of nitrogens with zero attached hydrogens (tertiary/aromatic N) is 1. The van der Waals surface area contributed by atoms with Gasteiger partial charge < -0.3 is 4.74 Å². The predicted octanol–water partition coefficient (Wildman–Crippen LogP) is 3.60. The first-order valence-corrected chi connectivity index (χ1v) is 9.04. The number of esters is 1. The highest BCUT2D eigenvalue weighted by Gasteiger charge is 2.22. The maximum absolute atomic E-state index is 12.6. The SMILES string of the molecule is COC(=O)c1ccc(CN(C)S(=O)(=O)c2ccc(Cl)c(Cl)c2)cc1. The van der Waals surface area contributed by atoms with Crippen LogP contribution in [0.5, 0.6) is 0 Å². The van der Waals surface area contributed by atoms with Crippen molar-refractivity contribution in [2.24, 2.45) is 0 Å². The van der Waals surface area contributed by atoms with Crippen LogP contribution in [0.1, 0.15) is 15.9 Å². The molecule has 24 heavy (non-hydrogen) atoms. The Bertz CT molecular complexity index is 851. The van der Waals surface area contributed by atoms with Crippen LogP contribution in [0.25, 0.3) is 0 Å². The van der Waals surface area contributed by atoms with Crippen LogP contribution < -0.4 is 0 Å². The standard InChI is InChI=1S/C16H15Cl2NO4S/c1-19(10-11-3-5-12(6-4-11)16(20)23-2)24(21,22)13-7-8-14(17)15(18)9-13/h3-9H,10H2,1-2H3. The number of rotatable bonds is 5. The third-order valence-corrected chi connectivity index (χ3v) is 5.92. The topological polar surface area (TPSA) is 63.7 Å². The number of ether oxygens (including phenoxy) is 1. The van der Waals surface area contributed by atoms with Crippen molar-refractivity contribution in [3.05, 3.63) is 63.6 Å². The van der Waals surface area contributed by atoms with Gasteiger partial charge in [0, 0.05) is 13.6 Å². The molecular formula is C16H15Cl2NO4S. The third kappa shape index (κ3) is 4.08. The van der Waals surface area contributed by atoms with Crippen molar-refractivity contribution in [3.8, 4) is 0 Å². The summed E-state index contributed by atoms with van der Waals surface area (Å²) >= 11 is 11.7. The maximum Gasteiger partial charge on any atom is 0.337 e. The summed E-state index contributed by atoms with van der Waals surface area (Å²) in [5.41, 5.74) is 1.13. The van der Waals surface area contributed by atoms with Crippen LogP contribution in [0.15, 0.2) is 47.4 Å². The molecule has 0 radical (unpaired) electrons. The van der Waals surface area contributed by atoms with Crippen molar-refractivity contribution in [1.29, 1.82) is 0 Å². The molecule has 0 aromatic heterocycles. The molecule has 0 aliphatic rings. The minimum atomic E-state index is -3.71. The molecule has 8 heteroatoms. The van der Waals surface area contributed by atoms with E-state index in [0.29, 0.717) is 5.56 Å². The molecule has 0 atom stereocenters. The Morgan fingerprint density at radius 2 is 1.71 bits per heavy atom. The van der Waals surface area contributed by atoms with Crippen LogP contribution in [0.4, 0.5) is 0 Å². The van der Waals surface area contributed by atoms with E-state index in [4.69, 9.17) is 23.2 Å². The second-order valence-corrected chi connectivity index (χ2v) is 7.88. The molecule has 0 spiro atoms. The first-order chi connectivity index (χ1) is 11.3. The fourth-order valence-electron chi connectivity index (χ4n) is 2.02. The Labute approximate surface area is 150 Å². The van der Waals surface area contributed by atoms with Crippen molar-refractivity contribution in [2.75, 3.05) is 14.2 Å². The molecule has 0 aliphatic carbocycles. The number of carbonyl (C=O) groups is 1. The van der Waals surface area contributed by atoms with Crippen molar-refractivity contribution >= 4 is 39.2 Å². The van der Waals surface area contributed by atoms with E-state index in [1.807, 2.05) is 0 Å². The monoisotopic (exact) mass is 387 g/mol. The minimum absolute atomic E-state index is 0.0607. The second kappa shape index (κ2) is 7.53. The van der Waals surface area contributed by atoms with E-state index in [1.54, 1.807) is 24.3 Å². The molecule has 0 saturated heterocycles. The molecule has 2 aromatic carbocycles. The van der Waals surface area contributed by atoms with Crippen molar-refractivity contribution in [3.63, 3.8) is 0 Å². The van der Waals surface area contributed by atoms with Gasteiger partial charge in [0.1, 0.15) is 0 Å². The number of benzene rings is 2. The summed E-state index contributed by atoms with van der Waals surface area (Å²) in [5, 5.41) is 0.463. The first kappa shape index (κ1) is 18.7. The van der Waals surface area contributed by atoms with Crippen molar-refractivity contribution in [2.45, 2.75) is 11.4 Å². The maximum atomic E-state index is 12.6. The van der Waals surface area contributed by atoms with Crippen LogP contribution >= 0.6 is 23.2 Å². The van der Waals surface area contributed by atoms with E-state index in [0.717, 1.165) is 5.56 Å². The summed E-state index contributed by atoms with van der Waals surface area (Å²) in [6.45, 7) is 0.143. The number of hydrogen-bond acceptors (Lipinski definition) is 4. The molecule has 0 heterocycles. The molecule has 2 rings (SSSR count). The van der Waals surface area contributed by atoms with Gasteiger partial charge in [-0.15, -0.1) is 0 Å². The van der Waals surface area contributed by atoms with E-state index in [-0.39, 0.29) is 21.5 Å². The molecule has 0 bridgehead atoms.